The maximum absolute atomic E-state index is 13.6. The van der Waals surface area contributed by atoms with Gasteiger partial charge in [-0.2, -0.15) is 0 Å². The minimum absolute atomic E-state index is 0.0725. The van der Waals surface area contributed by atoms with E-state index in [0.29, 0.717) is 5.56 Å². The van der Waals surface area contributed by atoms with Gasteiger partial charge in [0.15, 0.2) is 11.6 Å². The van der Waals surface area contributed by atoms with E-state index in [1.54, 1.807) is 39.1 Å². The standard InChI is InChI=1S/C12H18FNO2/c1-9-5-4-6-10(11(9)13)16-8-12(2,7-15)14-3/h4-6,14-15H,7-8H2,1-3H3. The van der Waals surface area contributed by atoms with Crippen molar-refractivity contribution in [2.24, 2.45) is 0 Å². The molecule has 0 aliphatic rings. The van der Waals surface area contributed by atoms with Crippen molar-refractivity contribution in [1.82, 2.24) is 5.32 Å². The highest BCUT2D eigenvalue weighted by molar-refractivity contribution is 5.30. The maximum atomic E-state index is 13.6. The smallest absolute Gasteiger partial charge is 0.167 e. The average molecular weight is 227 g/mol. The molecule has 1 aromatic carbocycles. The Morgan fingerprint density at radius 3 is 2.75 bits per heavy atom. The van der Waals surface area contributed by atoms with Crippen LogP contribution in [0.25, 0.3) is 0 Å². The number of ether oxygens (including phenoxy) is 1. The Bertz CT molecular complexity index is 351. The molecule has 2 N–H and O–H groups in total. The normalized spacial score (nSPS) is 14.6. The summed E-state index contributed by atoms with van der Waals surface area (Å²) in [6.07, 6.45) is 0. The Morgan fingerprint density at radius 1 is 1.50 bits per heavy atom. The Morgan fingerprint density at radius 2 is 2.19 bits per heavy atom. The summed E-state index contributed by atoms with van der Waals surface area (Å²) in [4.78, 5) is 0. The summed E-state index contributed by atoms with van der Waals surface area (Å²) in [5.74, 6) is -0.131. The minimum atomic E-state index is -0.559. The van der Waals surface area contributed by atoms with E-state index in [-0.39, 0.29) is 24.8 Å². The summed E-state index contributed by atoms with van der Waals surface area (Å²) < 4.78 is 18.9. The minimum Gasteiger partial charge on any atom is -0.488 e. The second-order valence-electron chi connectivity index (χ2n) is 4.14. The number of halogens is 1. The van der Waals surface area contributed by atoms with Crippen LogP contribution in [0.4, 0.5) is 4.39 Å². The van der Waals surface area contributed by atoms with E-state index >= 15 is 0 Å². The predicted octanol–water partition coefficient (Wildman–Crippen LogP) is 1.48. The molecule has 0 saturated carbocycles. The van der Waals surface area contributed by atoms with Gasteiger partial charge in [-0.05, 0) is 32.5 Å². The zero-order valence-corrected chi connectivity index (χ0v) is 9.88. The molecule has 0 saturated heterocycles. The lowest BCUT2D eigenvalue weighted by atomic mass is 10.1. The van der Waals surface area contributed by atoms with Crippen molar-refractivity contribution in [2.45, 2.75) is 19.4 Å². The Labute approximate surface area is 95.2 Å². The first kappa shape index (κ1) is 12.9. The molecule has 4 heteroatoms. The predicted molar refractivity (Wildman–Crippen MR) is 61.2 cm³/mol. The monoisotopic (exact) mass is 227 g/mol. The SMILES string of the molecule is CNC(C)(CO)COc1cccc(C)c1F. The number of aryl methyl sites for hydroxylation is 1. The van der Waals surface area contributed by atoms with Crippen LogP contribution in [0.15, 0.2) is 18.2 Å². The number of aliphatic hydroxyl groups is 1. The number of hydrogen-bond donors (Lipinski definition) is 2. The van der Waals surface area contributed by atoms with Gasteiger partial charge in [-0.25, -0.2) is 4.39 Å². The quantitative estimate of drug-likeness (QED) is 0.800. The molecule has 0 radical (unpaired) electrons. The van der Waals surface area contributed by atoms with Gasteiger partial charge < -0.3 is 15.2 Å². The van der Waals surface area contributed by atoms with Crippen LogP contribution in [-0.4, -0.2) is 30.9 Å². The van der Waals surface area contributed by atoms with E-state index in [9.17, 15) is 4.39 Å². The van der Waals surface area contributed by atoms with E-state index in [4.69, 9.17) is 9.84 Å². The number of nitrogens with one attached hydrogen (secondary N) is 1. The summed E-state index contributed by atoms with van der Waals surface area (Å²) in [7, 11) is 1.73. The zero-order valence-electron chi connectivity index (χ0n) is 9.88. The molecule has 1 atom stereocenters. The number of rotatable bonds is 5. The third kappa shape index (κ3) is 2.93. The van der Waals surface area contributed by atoms with Crippen LogP contribution in [0, 0.1) is 12.7 Å². The van der Waals surface area contributed by atoms with Crippen molar-refractivity contribution in [1.29, 1.82) is 0 Å². The Kier molecular flexibility index (Phi) is 4.26. The first-order valence-corrected chi connectivity index (χ1v) is 5.20. The summed E-state index contributed by atoms with van der Waals surface area (Å²) in [6, 6.07) is 5.00. The summed E-state index contributed by atoms with van der Waals surface area (Å²) in [6.45, 7) is 3.63. The van der Waals surface area contributed by atoms with Crippen molar-refractivity contribution in [2.75, 3.05) is 20.3 Å². The van der Waals surface area contributed by atoms with Crippen LogP contribution in [0.2, 0.25) is 0 Å². The molecule has 1 unspecified atom stereocenters. The van der Waals surface area contributed by atoms with E-state index < -0.39 is 5.54 Å². The first-order valence-electron chi connectivity index (χ1n) is 5.20. The molecule has 0 bridgehead atoms. The van der Waals surface area contributed by atoms with Crippen LogP contribution >= 0.6 is 0 Å². The molecular formula is C12H18FNO2. The van der Waals surface area contributed by atoms with Crippen LogP contribution in [0.5, 0.6) is 5.75 Å². The van der Waals surface area contributed by atoms with Crippen molar-refractivity contribution < 1.29 is 14.2 Å². The fourth-order valence-corrected chi connectivity index (χ4v) is 1.17. The van der Waals surface area contributed by atoms with E-state index in [1.165, 1.54) is 0 Å². The third-order valence-electron chi connectivity index (χ3n) is 2.66. The number of likely N-dealkylation sites (N-methyl/N-ethyl adjacent to an activating group) is 1. The van der Waals surface area contributed by atoms with Crippen molar-refractivity contribution >= 4 is 0 Å². The fraction of sp³-hybridized carbons (Fsp3) is 0.500. The van der Waals surface area contributed by atoms with Gasteiger partial charge in [0.05, 0.1) is 12.1 Å². The van der Waals surface area contributed by atoms with Crippen molar-refractivity contribution in [3.8, 4) is 5.75 Å². The third-order valence-corrected chi connectivity index (χ3v) is 2.66. The zero-order chi connectivity index (χ0) is 12.2. The molecular weight excluding hydrogens is 209 g/mol. The second kappa shape index (κ2) is 5.27. The lowest BCUT2D eigenvalue weighted by Crippen LogP contribution is -2.48. The van der Waals surface area contributed by atoms with Gasteiger partial charge in [-0.1, -0.05) is 12.1 Å². The molecule has 0 amide bonds. The topological polar surface area (TPSA) is 41.5 Å². The molecule has 0 aliphatic heterocycles. The maximum Gasteiger partial charge on any atom is 0.167 e. The van der Waals surface area contributed by atoms with Gasteiger partial charge in [-0.3, -0.25) is 0 Å². The molecule has 16 heavy (non-hydrogen) atoms. The Hall–Kier alpha value is -1.13. The molecule has 1 rings (SSSR count). The van der Waals surface area contributed by atoms with Crippen molar-refractivity contribution in [3.63, 3.8) is 0 Å². The molecule has 0 aromatic heterocycles. The van der Waals surface area contributed by atoms with Gasteiger partial charge in [0.1, 0.15) is 6.61 Å². The van der Waals surface area contributed by atoms with E-state index in [0.717, 1.165) is 0 Å². The van der Waals surface area contributed by atoms with Crippen LogP contribution in [-0.2, 0) is 0 Å². The highest BCUT2D eigenvalue weighted by Gasteiger charge is 2.22. The first-order chi connectivity index (χ1) is 7.52. The number of benzene rings is 1. The highest BCUT2D eigenvalue weighted by Crippen LogP contribution is 2.20. The average Bonchev–Trinajstić information content (AvgIpc) is 2.31. The van der Waals surface area contributed by atoms with Gasteiger partial charge >= 0.3 is 0 Å². The van der Waals surface area contributed by atoms with Crippen molar-refractivity contribution in [3.05, 3.63) is 29.6 Å². The van der Waals surface area contributed by atoms with Crippen LogP contribution in [0.3, 0.4) is 0 Å². The summed E-state index contributed by atoms with van der Waals surface area (Å²) >= 11 is 0. The highest BCUT2D eigenvalue weighted by atomic mass is 19.1. The van der Waals surface area contributed by atoms with Gasteiger partial charge in [-0.15, -0.1) is 0 Å². The molecule has 1 aromatic rings. The number of aliphatic hydroxyl groups excluding tert-OH is 1. The molecule has 0 aliphatic carbocycles. The molecule has 0 heterocycles. The Balaban J connectivity index is 2.71. The van der Waals surface area contributed by atoms with Crippen LogP contribution < -0.4 is 10.1 Å². The fourth-order valence-electron chi connectivity index (χ4n) is 1.17. The molecule has 90 valence electrons. The summed E-state index contributed by atoms with van der Waals surface area (Å²) in [5, 5.41) is 12.1. The largest absolute Gasteiger partial charge is 0.488 e. The summed E-state index contributed by atoms with van der Waals surface area (Å²) in [5.41, 5.74) is -0.0106. The lowest BCUT2D eigenvalue weighted by molar-refractivity contribution is 0.120. The van der Waals surface area contributed by atoms with Crippen LogP contribution in [0.1, 0.15) is 12.5 Å². The molecule has 0 fully saturated rings. The molecule has 0 spiro atoms. The van der Waals surface area contributed by atoms with Gasteiger partial charge in [0, 0.05) is 0 Å². The molecule has 3 nitrogen and oxygen atoms in total. The van der Waals surface area contributed by atoms with E-state index in [2.05, 4.69) is 5.32 Å². The van der Waals surface area contributed by atoms with Gasteiger partial charge in [0.2, 0.25) is 0 Å². The second-order valence-corrected chi connectivity index (χ2v) is 4.14. The van der Waals surface area contributed by atoms with E-state index in [1.807, 2.05) is 0 Å². The number of hydrogen-bond acceptors (Lipinski definition) is 3. The van der Waals surface area contributed by atoms with Gasteiger partial charge in [0.25, 0.3) is 0 Å². The lowest BCUT2D eigenvalue weighted by Gasteiger charge is -2.26.